The van der Waals surface area contributed by atoms with Gasteiger partial charge in [-0.2, -0.15) is 0 Å². The predicted octanol–water partition coefficient (Wildman–Crippen LogP) is 1.38. The van der Waals surface area contributed by atoms with Crippen LogP contribution in [0.5, 0.6) is 0 Å². The van der Waals surface area contributed by atoms with Gasteiger partial charge in [-0.1, -0.05) is 31.5 Å². The van der Waals surface area contributed by atoms with Crippen molar-refractivity contribution in [1.29, 1.82) is 0 Å². The lowest BCUT2D eigenvalue weighted by molar-refractivity contribution is -0.131. The van der Waals surface area contributed by atoms with Crippen LogP contribution >= 0.6 is 12.2 Å². The van der Waals surface area contributed by atoms with E-state index in [0.717, 1.165) is 18.9 Å². The number of rotatable bonds is 5. The molecule has 4 nitrogen and oxygen atoms in total. The Labute approximate surface area is 114 Å². The monoisotopic (exact) mass is 270 g/mol. The molecule has 2 rings (SSSR count). The summed E-state index contributed by atoms with van der Waals surface area (Å²) in [5, 5.41) is 3.01. The van der Waals surface area contributed by atoms with E-state index in [0.29, 0.717) is 31.0 Å². The Morgan fingerprint density at radius 1 is 1.39 bits per heavy atom. The van der Waals surface area contributed by atoms with Crippen LogP contribution in [0, 0.1) is 11.3 Å². The average Bonchev–Trinajstić information content (AvgIpc) is 2.32. The molecule has 1 saturated carbocycles. The first kappa shape index (κ1) is 13.7. The van der Waals surface area contributed by atoms with E-state index in [1.165, 1.54) is 19.3 Å². The van der Waals surface area contributed by atoms with Crippen molar-refractivity contribution in [2.24, 2.45) is 17.1 Å². The normalized spacial score (nSPS) is 23.1. The topological polar surface area (TPSA) is 64.4 Å². The van der Waals surface area contributed by atoms with Gasteiger partial charge in [0.15, 0.2) is 0 Å². The molecule has 0 atom stereocenters. The molecule has 0 aromatic rings. The van der Waals surface area contributed by atoms with Gasteiger partial charge in [0.2, 0.25) is 5.91 Å². The molecule has 1 aliphatic heterocycles. The van der Waals surface area contributed by atoms with E-state index in [-0.39, 0.29) is 5.91 Å². The first-order valence-electron chi connectivity index (χ1n) is 6.81. The summed E-state index contributed by atoms with van der Waals surface area (Å²) in [7, 11) is 0. The van der Waals surface area contributed by atoms with Crippen molar-refractivity contribution >= 4 is 23.1 Å². The minimum Gasteiger partial charge on any atom is -0.392 e. The minimum atomic E-state index is -0.673. The van der Waals surface area contributed by atoms with Gasteiger partial charge in [0, 0.05) is 19.8 Å². The number of nitrogens with one attached hydrogen (secondary N) is 1. The predicted molar refractivity (Wildman–Crippen MR) is 74.2 cm³/mol. The second kappa shape index (κ2) is 5.97. The number of carbonyl (C=O) groups excluding carboxylic acids is 1. The highest BCUT2D eigenvalue weighted by Crippen LogP contribution is 2.32. The summed E-state index contributed by atoms with van der Waals surface area (Å²) < 4.78 is 5.30. The lowest BCUT2D eigenvalue weighted by atomic mass is 9.79. The fraction of sp³-hybridized carbons (Fsp3) is 0.846. The molecule has 18 heavy (non-hydrogen) atoms. The molecule has 0 bridgehead atoms. The number of ether oxygens (including phenoxy) is 1. The van der Waals surface area contributed by atoms with E-state index in [9.17, 15) is 4.79 Å². The molecule has 2 fully saturated rings. The molecule has 1 saturated heterocycles. The second-order valence-corrected chi connectivity index (χ2v) is 5.84. The fourth-order valence-electron chi connectivity index (χ4n) is 2.65. The van der Waals surface area contributed by atoms with Crippen LogP contribution < -0.4 is 11.1 Å². The smallest absolute Gasteiger partial charge is 0.233 e. The molecule has 102 valence electrons. The molecule has 1 heterocycles. The molecule has 5 heteroatoms. The molecule has 0 unspecified atom stereocenters. The maximum Gasteiger partial charge on any atom is 0.233 e. The highest BCUT2D eigenvalue weighted by Gasteiger charge is 2.42. The van der Waals surface area contributed by atoms with E-state index in [4.69, 9.17) is 22.7 Å². The van der Waals surface area contributed by atoms with Gasteiger partial charge in [-0.3, -0.25) is 4.79 Å². The molecule has 0 spiro atoms. The standard InChI is InChI=1S/C13H22N2O2S/c14-11(18)13(5-8-17-9-6-13)12(16)15-7-4-10-2-1-3-10/h10H,1-9H2,(H2,14,18)(H,15,16). The molecule has 0 radical (unpaired) electrons. The summed E-state index contributed by atoms with van der Waals surface area (Å²) in [6.07, 6.45) is 6.26. The number of carbonyl (C=O) groups is 1. The summed E-state index contributed by atoms with van der Waals surface area (Å²) in [4.78, 5) is 12.6. The van der Waals surface area contributed by atoms with Crippen LogP contribution in [0.3, 0.4) is 0 Å². The first-order chi connectivity index (χ1) is 8.65. The van der Waals surface area contributed by atoms with Crippen molar-refractivity contribution in [3.63, 3.8) is 0 Å². The van der Waals surface area contributed by atoms with Crippen LogP contribution in [0.1, 0.15) is 38.5 Å². The van der Waals surface area contributed by atoms with Crippen LogP contribution in [0.15, 0.2) is 0 Å². The SMILES string of the molecule is NC(=S)C1(C(=O)NCCC2CCC2)CCOCC1. The summed E-state index contributed by atoms with van der Waals surface area (Å²) >= 11 is 5.10. The van der Waals surface area contributed by atoms with Crippen molar-refractivity contribution in [3.05, 3.63) is 0 Å². The van der Waals surface area contributed by atoms with E-state index in [1.807, 2.05) is 0 Å². The highest BCUT2D eigenvalue weighted by atomic mass is 32.1. The quantitative estimate of drug-likeness (QED) is 0.741. The molecule has 2 aliphatic rings. The number of nitrogens with two attached hydrogens (primary N) is 1. The van der Waals surface area contributed by atoms with Crippen molar-refractivity contribution in [2.75, 3.05) is 19.8 Å². The average molecular weight is 270 g/mol. The highest BCUT2D eigenvalue weighted by molar-refractivity contribution is 7.80. The summed E-state index contributed by atoms with van der Waals surface area (Å²) in [6.45, 7) is 1.87. The lowest BCUT2D eigenvalue weighted by Crippen LogP contribution is -2.52. The Balaban J connectivity index is 1.84. The van der Waals surface area contributed by atoms with Gasteiger partial charge in [-0.05, 0) is 25.2 Å². The van der Waals surface area contributed by atoms with Crippen LogP contribution in [-0.4, -0.2) is 30.7 Å². The van der Waals surface area contributed by atoms with Crippen molar-refractivity contribution < 1.29 is 9.53 Å². The second-order valence-electron chi connectivity index (χ2n) is 5.40. The number of hydrogen-bond donors (Lipinski definition) is 2. The maximum absolute atomic E-state index is 12.3. The van der Waals surface area contributed by atoms with E-state index >= 15 is 0 Å². The Morgan fingerprint density at radius 2 is 2.06 bits per heavy atom. The van der Waals surface area contributed by atoms with Crippen LogP contribution in [0.25, 0.3) is 0 Å². The molecule has 1 amide bonds. The minimum absolute atomic E-state index is 0.00220. The van der Waals surface area contributed by atoms with Crippen molar-refractivity contribution in [2.45, 2.75) is 38.5 Å². The Kier molecular flexibility index (Phi) is 4.56. The molecule has 0 aromatic heterocycles. The van der Waals surface area contributed by atoms with Crippen molar-refractivity contribution in [3.8, 4) is 0 Å². The number of thiocarbonyl (C=S) groups is 1. The largest absolute Gasteiger partial charge is 0.392 e. The van der Waals surface area contributed by atoms with Crippen LogP contribution in [0.2, 0.25) is 0 Å². The van der Waals surface area contributed by atoms with E-state index in [1.54, 1.807) is 0 Å². The van der Waals surface area contributed by atoms with Gasteiger partial charge in [-0.15, -0.1) is 0 Å². The zero-order valence-corrected chi connectivity index (χ0v) is 11.6. The fourth-order valence-corrected chi connectivity index (χ4v) is 2.94. The maximum atomic E-state index is 12.3. The first-order valence-corrected chi connectivity index (χ1v) is 7.22. The van der Waals surface area contributed by atoms with Gasteiger partial charge in [0.1, 0.15) is 5.41 Å². The van der Waals surface area contributed by atoms with Crippen molar-refractivity contribution in [1.82, 2.24) is 5.32 Å². The zero-order chi connectivity index (χ0) is 13.0. The van der Waals surface area contributed by atoms with E-state index < -0.39 is 5.41 Å². The summed E-state index contributed by atoms with van der Waals surface area (Å²) in [6, 6.07) is 0. The lowest BCUT2D eigenvalue weighted by Gasteiger charge is -2.35. The van der Waals surface area contributed by atoms with Gasteiger partial charge in [0.05, 0.1) is 4.99 Å². The van der Waals surface area contributed by atoms with Gasteiger partial charge in [0.25, 0.3) is 0 Å². The molecule has 0 aromatic carbocycles. The third-order valence-electron chi connectivity index (χ3n) is 4.32. The Bertz CT molecular complexity index is 323. The van der Waals surface area contributed by atoms with Gasteiger partial charge >= 0.3 is 0 Å². The summed E-state index contributed by atoms with van der Waals surface area (Å²) in [5.74, 6) is 0.804. The Morgan fingerprint density at radius 3 is 2.56 bits per heavy atom. The third-order valence-corrected chi connectivity index (χ3v) is 4.71. The summed E-state index contributed by atoms with van der Waals surface area (Å²) in [5.41, 5.74) is 5.11. The number of amides is 1. The zero-order valence-electron chi connectivity index (χ0n) is 10.7. The van der Waals surface area contributed by atoms with Gasteiger partial charge in [-0.25, -0.2) is 0 Å². The van der Waals surface area contributed by atoms with Gasteiger partial charge < -0.3 is 15.8 Å². The molecular weight excluding hydrogens is 248 g/mol. The van der Waals surface area contributed by atoms with Crippen LogP contribution in [0.4, 0.5) is 0 Å². The van der Waals surface area contributed by atoms with Crippen LogP contribution in [-0.2, 0) is 9.53 Å². The van der Waals surface area contributed by atoms with E-state index in [2.05, 4.69) is 5.32 Å². The number of hydrogen-bond acceptors (Lipinski definition) is 3. The molecule has 1 aliphatic carbocycles. The molecule has 3 N–H and O–H groups in total. The Hall–Kier alpha value is -0.680. The third kappa shape index (κ3) is 2.83. The molecular formula is C13H22N2O2S.